The van der Waals surface area contributed by atoms with Crippen molar-refractivity contribution in [2.24, 2.45) is 0 Å². The highest BCUT2D eigenvalue weighted by Crippen LogP contribution is 2.23. The van der Waals surface area contributed by atoms with Crippen molar-refractivity contribution in [3.05, 3.63) is 118 Å². The molecule has 9 heteroatoms. The predicted molar refractivity (Wildman–Crippen MR) is 151 cm³/mol. The molecular formula is C30H28N2O6S. The van der Waals surface area contributed by atoms with Crippen LogP contribution in [0.1, 0.15) is 37.7 Å². The SMILES string of the molecule is COc1ccc(-n2c(C)cc(C(=O)COC(=O)c3cccc(NS(=O)(=O)C=Cc4ccccc4)c3)c2C)cc1. The van der Waals surface area contributed by atoms with E-state index in [1.165, 1.54) is 30.3 Å². The van der Waals surface area contributed by atoms with E-state index in [0.717, 1.165) is 33.8 Å². The summed E-state index contributed by atoms with van der Waals surface area (Å²) in [6, 6.07) is 24.1. The number of ketones is 1. The van der Waals surface area contributed by atoms with E-state index in [4.69, 9.17) is 9.47 Å². The molecule has 0 saturated carbocycles. The number of nitrogens with one attached hydrogen (secondary N) is 1. The summed E-state index contributed by atoms with van der Waals surface area (Å²) in [5.41, 5.74) is 3.93. The van der Waals surface area contributed by atoms with Gasteiger partial charge < -0.3 is 14.0 Å². The Morgan fingerprint density at radius 1 is 0.923 bits per heavy atom. The van der Waals surface area contributed by atoms with Crippen LogP contribution in [0.4, 0.5) is 5.69 Å². The summed E-state index contributed by atoms with van der Waals surface area (Å²) in [5.74, 6) is -0.364. The molecule has 200 valence electrons. The number of anilines is 1. The van der Waals surface area contributed by atoms with Crippen LogP contribution in [-0.2, 0) is 14.8 Å². The minimum atomic E-state index is -3.82. The molecule has 0 atom stereocenters. The van der Waals surface area contributed by atoms with Gasteiger partial charge in [-0.2, -0.15) is 0 Å². The number of ether oxygens (including phenoxy) is 2. The van der Waals surface area contributed by atoms with Gasteiger partial charge >= 0.3 is 5.97 Å². The predicted octanol–water partition coefficient (Wildman–Crippen LogP) is 5.56. The maximum absolute atomic E-state index is 12.9. The molecule has 1 aromatic heterocycles. The first-order chi connectivity index (χ1) is 18.7. The third-order valence-electron chi connectivity index (χ3n) is 5.99. The van der Waals surface area contributed by atoms with Crippen LogP contribution in [0.25, 0.3) is 11.8 Å². The van der Waals surface area contributed by atoms with Crippen molar-refractivity contribution >= 4 is 33.5 Å². The number of aryl methyl sites for hydroxylation is 1. The molecule has 0 spiro atoms. The van der Waals surface area contributed by atoms with Gasteiger partial charge in [0.2, 0.25) is 5.78 Å². The highest BCUT2D eigenvalue weighted by atomic mass is 32.2. The second-order valence-corrected chi connectivity index (χ2v) is 10.3. The Bertz CT molecular complexity index is 1620. The summed E-state index contributed by atoms with van der Waals surface area (Å²) >= 11 is 0. The van der Waals surface area contributed by atoms with E-state index < -0.39 is 22.6 Å². The van der Waals surface area contributed by atoms with Crippen LogP contribution < -0.4 is 9.46 Å². The monoisotopic (exact) mass is 544 g/mol. The minimum absolute atomic E-state index is 0.110. The van der Waals surface area contributed by atoms with Crippen molar-refractivity contribution in [2.75, 3.05) is 18.4 Å². The molecular weight excluding hydrogens is 516 g/mol. The van der Waals surface area contributed by atoms with Gasteiger partial charge in [0.25, 0.3) is 10.0 Å². The fourth-order valence-electron chi connectivity index (χ4n) is 4.11. The van der Waals surface area contributed by atoms with Crippen LogP contribution in [0.15, 0.2) is 90.3 Å². The van der Waals surface area contributed by atoms with Crippen molar-refractivity contribution in [3.63, 3.8) is 0 Å². The fourth-order valence-corrected chi connectivity index (χ4v) is 4.97. The molecule has 0 bridgehead atoms. The van der Waals surface area contributed by atoms with Crippen molar-refractivity contribution < 1.29 is 27.5 Å². The van der Waals surface area contributed by atoms with E-state index >= 15 is 0 Å². The van der Waals surface area contributed by atoms with Gasteiger partial charge in [-0.05, 0) is 74.0 Å². The molecule has 1 N–H and O–H groups in total. The third-order valence-corrected chi connectivity index (χ3v) is 7.01. The lowest BCUT2D eigenvalue weighted by atomic mass is 10.1. The number of benzene rings is 3. The number of rotatable bonds is 10. The number of Topliss-reactive ketones (excluding diaryl/α,β-unsaturated/α-hetero) is 1. The smallest absolute Gasteiger partial charge is 0.338 e. The van der Waals surface area contributed by atoms with E-state index in [2.05, 4.69) is 4.72 Å². The van der Waals surface area contributed by atoms with Crippen molar-refractivity contribution in [3.8, 4) is 11.4 Å². The first kappa shape index (κ1) is 27.4. The maximum atomic E-state index is 12.9. The molecule has 0 fully saturated rings. The molecule has 0 aliphatic rings. The summed E-state index contributed by atoms with van der Waals surface area (Å²) in [6.07, 6.45) is 1.47. The van der Waals surface area contributed by atoms with Crippen molar-refractivity contribution in [1.82, 2.24) is 4.57 Å². The van der Waals surface area contributed by atoms with Crippen LogP contribution in [-0.4, -0.2) is 38.5 Å². The Balaban J connectivity index is 1.41. The first-order valence-corrected chi connectivity index (χ1v) is 13.6. The second kappa shape index (κ2) is 11.8. The topological polar surface area (TPSA) is 104 Å². The van der Waals surface area contributed by atoms with E-state index in [1.54, 1.807) is 37.4 Å². The zero-order chi connectivity index (χ0) is 28.0. The Labute approximate surface area is 227 Å². The average molecular weight is 545 g/mol. The molecule has 39 heavy (non-hydrogen) atoms. The quantitative estimate of drug-likeness (QED) is 0.207. The van der Waals surface area contributed by atoms with Gasteiger partial charge in [0.05, 0.1) is 18.1 Å². The molecule has 0 unspecified atom stereocenters. The number of hydrogen-bond donors (Lipinski definition) is 1. The Morgan fingerprint density at radius 3 is 2.33 bits per heavy atom. The Hall–Kier alpha value is -4.63. The minimum Gasteiger partial charge on any atom is -0.497 e. The van der Waals surface area contributed by atoms with Crippen LogP contribution >= 0.6 is 0 Å². The highest BCUT2D eigenvalue weighted by Gasteiger charge is 2.19. The van der Waals surface area contributed by atoms with Gasteiger partial charge in [0.1, 0.15) is 5.75 Å². The Morgan fingerprint density at radius 2 is 1.64 bits per heavy atom. The summed E-state index contributed by atoms with van der Waals surface area (Å²) in [4.78, 5) is 25.6. The second-order valence-electron chi connectivity index (χ2n) is 8.76. The summed E-state index contributed by atoms with van der Waals surface area (Å²) in [6.45, 7) is 3.26. The normalized spacial score (nSPS) is 11.4. The maximum Gasteiger partial charge on any atom is 0.338 e. The lowest BCUT2D eigenvalue weighted by Crippen LogP contribution is -2.15. The number of esters is 1. The van der Waals surface area contributed by atoms with Gasteiger partial charge in [-0.1, -0.05) is 36.4 Å². The first-order valence-electron chi connectivity index (χ1n) is 12.1. The van der Waals surface area contributed by atoms with Crippen molar-refractivity contribution in [1.29, 1.82) is 0 Å². The molecule has 1 heterocycles. The molecule has 4 rings (SSSR count). The molecule has 0 amide bonds. The summed E-state index contributed by atoms with van der Waals surface area (Å²) in [7, 11) is -2.22. The van der Waals surface area contributed by atoms with Gasteiger partial charge in [0.15, 0.2) is 6.61 Å². The average Bonchev–Trinajstić information content (AvgIpc) is 3.24. The highest BCUT2D eigenvalue weighted by molar-refractivity contribution is 7.95. The zero-order valence-corrected chi connectivity index (χ0v) is 22.6. The van der Waals surface area contributed by atoms with Crippen molar-refractivity contribution in [2.45, 2.75) is 13.8 Å². The standard InChI is InChI=1S/C30H28N2O6S/c1-21-18-28(22(2)32(21)26-12-14-27(37-3)15-13-26)29(33)20-38-30(34)24-10-7-11-25(19-24)31-39(35,36)17-16-23-8-5-4-6-9-23/h4-19,31H,20H2,1-3H3. The number of methoxy groups -OCH3 is 1. The molecule has 4 aromatic rings. The molecule has 0 aliphatic heterocycles. The molecule has 8 nitrogen and oxygen atoms in total. The lowest BCUT2D eigenvalue weighted by Gasteiger charge is -2.11. The number of hydrogen-bond acceptors (Lipinski definition) is 6. The molecule has 3 aromatic carbocycles. The van der Waals surface area contributed by atoms with E-state index in [-0.39, 0.29) is 17.0 Å². The number of carbonyl (C=O) groups is 2. The summed E-state index contributed by atoms with van der Waals surface area (Å²) in [5, 5.41) is 1.05. The van der Waals surface area contributed by atoms with Crippen LogP contribution in [0.2, 0.25) is 0 Å². The van der Waals surface area contributed by atoms with E-state index in [0.29, 0.717) is 5.56 Å². The van der Waals surface area contributed by atoms with E-state index in [1.807, 2.05) is 48.7 Å². The Kier molecular flexibility index (Phi) is 8.31. The molecule has 0 radical (unpaired) electrons. The number of carbonyl (C=O) groups excluding carboxylic acids is 2. The number of nitrogens with zero attached hydrogens (tertiary/aromatic N) is 1. The van der Waals surface area contributed by atoms with Crippen LogP contribution in [0, 0.1) is 13.8 Å². The van der Waals surface area contributed by atoms with Gasteiger partial charge in [-0.15, -0.1) is 0 Å². The third kappa shape index (κ3) is 6.82. The van der Waals surface area contributed by atoms with Crippen LogP contribution in [0.3, 0.4) is 0 Å². The van der Waals surface area contributed by atoms with E-state index in [9.17, 15) is 18.0 Å². The zero-order valence-electron chi connectivity index (χ0n) is 21.7. The number of sulfonamides is 1. The van der Waals surface area contributed by atoms with Gasteiger partial charge in [0, 0.05) is 28.3 Å². The largest absolute Gasteiger partial charge is 0.497 e. The molecule has 0 saturated heterocycles. The van der Waals surface area contributed by atoms with Gasteiger partial charge in [-0.25, -0.2) is 13.2 Å². The van der Waals surface area contributed by atoms with Gasteiger partial charge in [-0.3, -0.25) is 9.52 Å². The fraction of sp³-hybridized carbons (Fsp3) is 0.133. The van der Waals surface area contributed by atoms with Crippen LogP contribution in [0.5, 0.6) is 5.75 Å². The lowest BCUT2D eigenvalue weighted by molar-refractivity contribution is 0.0474. The number of aromatic nitrogens is 1. The molecule has 0 aliphatic carbocycles. The summed E-state index contributed by atoms with van der Waals surface area (Å²) < 4.78 is 39.7.